The first-order valence-electron chi connectivity index (χ1n) is 0.779. The van der Waals surface area contributed by atoms with Crippen molar-refractivity contribution in [1.82, 2.24) is 0 Å². The van der Waals surface area contributed by atoms with E-state index < -0.39 is 6.16 Å². The number of hydrogen-bond donors (Lipinski definition) is 0. The van der Waals surface area contributed by atoms with Crippen LogP contribution in [0.25, 0.3) is 0 Å². The van der Waals surface area contributed by atoms with Crippen LogP contribution >= 0.6 is 0 Å². The summed E-state index contributed by atoms with van der Waals surface area (Å²) in [6, 6.07) is 0. The molecule has 0 aliphatic heterocycles. The maximum absolute atomic E-state index is 8.93. The fourth-order valence-corrected chi connectivity index (χ4v) is 0. The minimum absolute atomic E-state index is 0. The standard InChI is InChI=1S/CH2O3S.2Li/c2-1(3)4-5;;/h5H,(H,2,3);;/q;2*+1/p-2. The molecule has 6 heteroatoms. The summed E-state index contributed by atoms with van der Waals surface area (Å²) < 4.78 is 3.14. The van der Waals surface area contributed by atoms with E-state index in [2.05, 4.69) is 17.1 Å². The summed E-state index contributed by atoms with van der Waals surface area (Å²) in [7, 11) is 0. The van der Waals surface area contributed by atoms with Gasteiger partial charge in [-0.2, -0.15) is 0 Å². The molecule has 0 saturated heterocycles. The summed E-state index contributed by atoms with van der Waals surface area (Å²) in [6.45, 7) is 0. The van der Waals surface area contributed by atoms with E-state index in [1.165, 1.54) is 0 Å². The van der Waals surface area contributed by atoms with Crippen LogP contribution < -0.4 is 42.8 Å². The molecule has 0 aliphatic carbocycles. The molecule has 0 spiro atoms. The van der Waals surface area contributed by atoms with Gasteiger partial charge in [-0.1, -0.05) is 0 Å². The van der Waals surface area contributed by atoms with Crippen LogP contribution in [0, 0.1) is 0 Å². The van der Waals surface area contributed by atoms with Gasteiger partial charge in [0, 0.05) is 0 Å². The van der Waals surface area contributed by atoms with Crippen molar-refractivity contribution in [3.05, 3.63) is 0 Å². The zero-order valence-corrected chi connectivity index (χ0v) is 4.95. The van der Waals surface area contributed by atoms with E-state index in [1.807, 2.05) is 0 Å². The Bertz CT molecular complexity index is 48.2. The average Bonchev–Trinajstić information content (AvgIpc) is 1.38. The fraction of sp³-hybridized carbons (Fsp3) is 0. The molecule has 3 nitrogen and oxygen atoms in total. The van der Waals surface area contributed by atoms with Gasteiger partial charge in [0.1, 0.15) is 0 Å². The third-order valence-electron chi connectivity index (χ3n) is 0.0680. The van der Waals surface area contributed by atoms with Gasteiger partial charge in [-0.15, -0.1) is 0 Å². The maximum atomic E-state index is 8.93. The molecule has 0 rings (SSSR count). The molecule has 0 unspecified atom stereocenters. The molecule has 0 radical (unpaired) electrons. The minimum Gasteiger partial charge on any atom is -0.704 e. The van der Waals surface area contributed by atoms with Gasteiger partial charge in [-0.3, -0.25) is 0 Å². The molecular weight excluding hydrogens is 106 g/mol. The van der Waals surface area contributed by atoms with Crippen molar-refractivity contribution in [2.24, 2.45) is 0 Å². The van der Waals surface area contributed by atoms with Crippen molar-refractivity contribution in [3.63, 3.8) is 0 Å². The molecular formula is CLi2O3S. The molecule has 0 bridgehead atoms. The number of rotatable bonds is 0. The zero-order valence-electron chi connectivity index (χ0n) is 4.13. The largest absolute Gasteiger partial charge is 1.00 e. The van der Waals surface area contributed by atoms with Gasteiger partial charge in [-0.25, -0.2) is 0 Å². The van der Waals surface area contributed by atoms with Crippen LogP contribution in [0.4, 0.5) is 4.79 Å². The van der Waals surface area contributed by atoms with Crippen LogP contribution in [-0.4, -0.2) is 6.16 Å². The van der Waals surface area contributed by atoms with Crippen molar-refractivity contribution >= 4 is 19.1 Å². The molecule has 0 atom stereocenters. The second kappa shape index (κ2) is 9.94. The molecule has 0 heterocycles. The smallest absolute Gasteiger partial charge is 0.704 e. The van der Waals surface area contributed by atoms with Crippen molar-refractivity contribution in [2.45, 2.75) is 0 Å². The maximum Gasteiger partial charge on any atom is 1.00 e. The minimum atomic E-state index is -1.68. The monoisotopic (exact) mass is 106 g/mol. The van der Waals surface area contributed by atoms with E-state index in [4.69, 9.17) is 9.90 Å². The fourth-order valence-electron chi connectivity index (χ4n) is 0. The van der Waals surface area contributed by atoms with E-state index >= 15 is 0 Å². The number of hydrogen-bond acceptors (Lipinski definition) is 4. The van der Waals surface area contributed by atoms with E-state index in [1.54, 1.807) is 0 Å². The Morgan fingerprint density at radius 2 is 1.71 bits per heavy atom. The van der Waals surface area contributed by atoms with Gasteiger partial charge in [0.2, 0.25) is 6.16 Å². The summed E-state index contributed by atoms with van der Waals surface area (Å²) in [5.41, 5.74) is 0. The first kappa shape index (κ1) is 15.7. The first-order chi connectivity index (χ1) is 2.27. The summed E-state index contributed by atoms with van der Waals surface area (Å²) in [6.07, 6.45) is -1.68. The number of carboxylic acid groups (broad SMARTS) is 1. The Balaban J connectivity index is -0.0000000800. The van der Waals surface area contributed by atoms with Crippen LogP contribution in [0.1, 0.15) is 0 Å². The van der Waals surface area contributed by atoms with Crippen LogP contribution in [0.3, 0.4) is 0 Å². The third kappa shape index (κ3) is 19.9. The quantitative estimate of drug-likeness (QED) is 0.227. The molecule has 30 valence electrons. The average molecular weight is 106 g/mol. The van der Waals surface area contributed by atoms with Gasteiger partial charge in [0.15, 0.2) is 0 Å². The molecule has 0 N–H and O–H groups in total. The van der Waals surface area contributed by atoms with Crippen molar-refractivity contribution in [1.29, 1.82) is 0 Å². The Labute approximate surface area is 70.8 Å². The first-order valence-corrected chi connectivity index (χ1v) is 1.11. The van der Waals surface area contributed by atoms with Crippen LogP contribution in [0.2, 0.25) is 0 Å². The molecule has 0 aromatic heterocycles. The number of carbonyl (C=O) groups excluding carboxylic acids is 1. The molecule has 0 aromatic carbocycles. The third-order valence-corrected chi connectivity index (χ3v) is 0.204. The van der Waals surface area contributed by atoms with Gasteiger partial charge in [-0.05, 0) is 0 Å². The Kier molecular flexibility index (Phi) is 22.2. The van der Waals surface area contributed by atoms with Crippen molar-refractivity contribution < 1.29 is 51.8 Å². The predicted molar refractivity (Wildman–Crippen MR) is 13.8 cm³/mol. The Morgan fingerprint density at radius 1 is 1.57 bits per heavy atom. The van der Waals surface area contributed by atoms with Crippen molar-refractivity contribution in [2.75, 3.05) is 0 Å². The van der Waals surface area contributed by atoms with E-state index in [9.17, 15) is 0 Å². The number of carbonyl (C=O) groups is 1. The molecule has 0 aliphatic rings. The molecule has 0 fully saturated rings. The van der Waals surface area contributed by atoms with E-state index in [0.717, 1.165) is 0 Å². The zero-order chi connectivity index (χ0) is 4.28. The summed E-state index contributed by atoms with van der Waals surface area (Å²) in [5.74, 6) is 0. The molecule has 7 heavy (non-hydrogen) atoms. The van der Waals surface area contributed by atoms with Gasteiger partial charge < -0.3 is 27.0 Å². The molecule has 0 amide bonds. The summed E-state index contributed by atoms with van der Waals surface area (Å²) in [5, 5.41) is 8.93. The Hall–Kier alpha value is 0.815. The second-order valence-electron chi connectivity index (χ2n) is 0.333. The molecule has 0 saturated carbocycles. The van der Waals surface area contributed by atoms with Crippen molar-refractivity contribution in [3.8, 4) is 0 Å². The topological polar surface area (TPSA) is 49.4 Å². The van der Waals surface area contributed by atoms with Gasteiger partial charge >= 0.3 is 37.7 Å². The SMILES string of the molecule is O=C([O-])O[S-].[Li+].[Li+]. The second-order valence-corrected chi connectivity index (χ2v) is 0.500. The van der Waals surface area contributed by atoms with E-state index in [0.29, 0.717) is 0 Å². The summed E-state index contributed by atoms with van der Waals surface area (Å²) in [4.78, 5) is 8.93. The summed E-state index contributed by atoms with van der Waals surface area (Å²) >= 11 is 3.51. The van der Waals surface area contributed by atoms with Crippen LogP contribution in [0.5, 0.6) is 0 Å². The van der Waals surface area contributed by atoms with Gasteiger partial charge in [0.05, 0.1) is 0 Å². The Morgan fingerprint density at radius 3 is 1.71 bits per heavy atom. The van der Waals surface area contributed by atoms with Crippen LogP contribution in [-0.2, 0) is 17.1 Å². The predicted octanol–water partition coefficient (Wildman–Crippen LogP) is -7.18. The van der Waals surface area contributed by atoms with E-state index in [-0.39, 0.29) is 37.7 Å². The van der Waals surface area contributed by atoms with Crippen LogP contribution in [0.15, 0.2) is 0 Å². The van der Waals surface area contributed by atoms with Gasteiger partial charge in [0.25, 0.3) is 0 Å². The molecule has 0 aromatic rings. The normalized spacial score (nSPS) is 4.71.